The molecule has 0 radical (unpaired) electrons. The fraction of sp³-hybridized carbons (Fsp3) is 0.409. The van der Waals surface area contributed by atoms with Gasteiger partial charge >= 0.3 is 64.2 Å². The Hall–Kier alpha value is -0.359. The van der Waals surface area contributed by atoms with Crippen molar-refractivity contribution in [1.82, 2.24) is 0 Å². The molecule has 1 N–H and O–H groups in total. The average molecular weight is 467 g/mol. The van der Waals surface area contributed by atoms with E-state index < -0.39 is 18.4 Å². The molecule has 2 heterocycles. The number of carbonyl (C=O) groups is 1. The molecule has 4 rings (SSSR count). The summed E-state index contributed by atoms with van der Waals surface area (Å²) in [6.45, 7) is 7.70. The number of hydrogen-bond donors (Lipinski definition) is 1. The van der Waals surface area contributed by atoms with Gasteiger partial charge in [-0.2, -0.15) is 0 Å². The Morgan fingerprint density at radius 3 is 2.35 bits per heavy atom. The summed E-state index contributed by atoms with van der Waals surface area (Å²) in [7, 11) is 0. The van der Waals surface area contributed by atoms with Gasteiger partial charge in [0.15, 0.2) is 0 Å². The van der Waals surface area contributed by atoms with Crippen molar-refractivity contribution in [2.75, 3.05) is 18.1 Å². The van der Waals surface area contributed by atoms with E-state index in [4.69, 9.17) is 14.0 Å². The molecule has 1 saturated heterocycles. The summed E-state index contributed by atoms with van der Waals surface area (Å²) >= 11 is 1.57. The zero-order chi connectivity index (χ0) is 21.7. The second-order valence-electron chi connectivity index (χ2n) is 9.57. The van der Waals surface area contributed by atoms with E-state index in [2.05, 4.69) is 0 Å². The minimum absolute atomic E-state index is 0. The maximum absolute atomic E-state index is 13.2. The normalized spacial score (nSPS) is 19.0. The van der Waals surface area contributed by atoms with Gasteiger partial charge in [0.1, 0.15) is 5.60 Å². The van der Waals surface area contributed by atoms with Crippen molar-refractivity contribution < 1.29 is 75.2 Å². The van der Waals surface area contributed by atoms with E-state index in [9.17, 15) is 9.82 Å². The van der Waals surface area contributed by atoms with Crippen LogP contribution in [0.5, 0.6) is 0 Å². The summed E-state index contributed by atoms with van der Waals surface area (Å²) in [5.41, 5.74) is 1.07. The molecule has 0 spiro atoms. The standard InChI is InChI=1S/C22H27BNO5S.K/c1-21(2,3)29-20(25)24-16-8-6-7-9-18(16)30-19-11-10-15(12-17(19)24)23(26)27-13-22(4,5)14-28-23;/h6-12,26H,13-14H2,1-5H3;/q-1;+1. The molecule has 1 amide bonds. The fourth-order valence-corrected chi connectivity index (χ4v) is 4.50. The number of nitrogens with zero attached hydrogens (tertiary/aromatic N) is 1. The smallest absolute Gasteiger partial charge is 0.555 e. The largest absolute Gasteiger partial charge is 1.00 e. The number of anilines is 2. The van der Waals surface area contributed by atoms with Crippen molar-refractivity contribution in [2.24, 2.45) is 5.41 Å². The third-order valence-corrected chi connectivity index (χ3v) is 6.08. The molecule has 2 aromatic rings. The van der Waals surface area contributed by atoms with Crippen LogP contribution in [-0.2, 0) is 14.0 Å². The first-order valence-electron chi connectivity index (χ1n) is 10.1. The molecule has 0 unspecified atom stereocenters. The Morgan fingerprint density at radius 2 is 1.71 bits per heavy atom. The second kappa shape index (κ2) is 9.12. The zero-order valence-electron chi connectivity index (χ0n) is 19.0. The third kappa shape index (κ3) is 5.42. The summed E-state index contributed by atoms with van der Waals surface area (Å²) in [5.74, 6) is 0. The van der Waals surface area contributed by atoms with Gasteiger partial charge in [-0.1, -0.05) is 49.9 Å². The monoisotopic (exact) mass is 467 g/mol. The van der Waals surface area contributed by atoms with E-state index >= 15 is 0 Å². The maximum atomic E-state index is 13.2. The summed E-state index contributed by atoms with van der Waals surface area (Å²) in [4.78, 5) is 16.6. The Bertz CT molecular complexity index is 984. The Morgan fingerprint density at radius 1 is 1.10 bits per heavy atom. The van der Waals surface area contributed by atoms with Gasteiger partial charge in [-0.25, -0.2) is 9.69 Å². The molecule has 31 heavy (non-hydrogen) atoms. The predicted octanol–water partition coefficient (Wildman–Crippen LogP) is 1.44. The van der Waals surface area contributed by atoms with Crippen LogP contribution in [0.25, 0.3) is 0 Å². The molecule has 160 valence electrons. The van der Waals surface area contributed by atoms with Crippen LogP contribution >= 0.6 is 11.8 Å². The molecular formula is C22H27BKNO5S. The molecule has 6 nitrogen and oxygen atoms in total. The van der Waals surface area contributed by atoms with Crippen molar-refractivity contribution >= 4 is 41.4 Å². The molecule has 0 atom stereocenters. The molecule has 0 bridgehead atoms. The van der Waals surface area contributed by atoms with Gasteiger partial charge in [-0.3, -0.25) is 0 Å². The Labute approximate surface area is 230 Å². The van der Waals surface area contributed by atoms with Gasteiger partial charge in [0, 0.05) is 28.4 Å². The van der Waals surface area contributed by atoms with Gasteiger partial charge in [-0.05, 0) is 39.0 Å². The van der Waals surface area contributed by atoms with Gasteiger partial charge in [0.05, 0.1) is 11.4 Å². The molecule has 0 saturated carbocycles. The van der Waals surface area contributed by atoms with E-state index in [1.807, 2.05) is 65.0 Å². The van der Waals surface area contributed by atoms with E-state index in [-0.39, 0.29) is 56.8 Å². The average Bonchev–Trinajstić information content (AvgIpc) is 2.66. The van der Waals surface area contributed by atoms with Crippen molar-refractivity contribution in [3.63, 3.8) is 0 Å². The molecular weight excluding hydrogens is 440 g/mol. The molecule has 0 aliphatic carbocycles. The van der Waals surface area contributed by atoms with Crippen molar-refractivity contribution in [3.8, 4) is 0 Å². The number of amides is 1. The quantitative estimate of drug-likeness (QED) is 0.641. The van der Waals surface area contributed by atoms with E-state index in [0.717, 1.165) is 15.5 Å². The van der Waals surface area contributed by atoms with Crippen LogP contribution in [0.15, 0.2) is 52.3 Å². The third-order valence-electron chi connectivity index (χ3n) is 4.95. The number of benzene rings is 2. The Balaban J connectivity index is 0.00000272. The number of para-hydroxylation sites is 1. The number of carbonyl (C=O) groups excluding carboxylic acids is 1. The van der Waals surface area contributed by atoms with Gasteiger partial charge in [0.25, 0.3) is 0 Å². The van der Waals surface area contributed by atoms with Gasteiger partial charge in [0.2, 0.25) is 0 Å². The predicted molar refractivity (Wildman–Crippen MR) is 119 cm³/mol. The number of rotatable bonds is 1. The minimum atomic E-state index is -2.62. The van der Waals surface area contributed by atoms with Crippen molar-refractivity contribution in [3.05, 3.63) is 42.5 Å². The van der Waals surface area contributed by atoms with Crippen LogP contribution in [0.2, 0.25) is 0 Å². The number of fused-ring (bicyclic) bond motifs is 2. The minimum Gasteiger partial charge on any atom is -0.555 e. The summed E-state index contributed by atoms with van der Waals surface area (Å²) in [5, 5.41) is 11.1. The van der Waals surface area contributed by atoms with Crippen LogP contribution in [0.1, 0.15) is 34.6 Å². The second-order valence-corrected chi connectivity index (χ2v) is 10.7. The molecule has 2 aliphatic rings. The van der Waals surface area contributed by atoms with Crippen molar-refractivity contribution in [2.45, 2.75) is 50.0 Å². The van der Waals surface area contributed by atoms with Gasteiger partial charge < -0.3 is 19.1 Å². The first-order valence-corrected chi connectivity index (χ1v) is 10.9. The van der Waals surface area contributed by atoms with E-state index in [1.165, 1.54) is 0 Å². The molecule has 2 aromatic carbocycles. The molecule has 1 fully saturated rings. The SMILES string of the molecule is CC1(C)CO[B-](O)(c2ccc3c(c2)N(C(=O)OC(C)(C)C)c2ccccc2S3)OC1.[K+]. The van der Waals surface area contributed by atoms with Crippen LogP contribution in [0.3, 0.4) is 0 Å². The van der Waals surface area contributed by atoms with Crippen LogP contribution in [-0.4, -0.2) is 36.7 Å². The molecule has 0 aromatic heterocycles. The van der Waals surface area contributed by atoms with E-state index in [0.29, 0.717) is 24.4 Å². The first-order chi connectivity index (χ1) is 14.0. The fourth-order valence-electron chi connectivity index (χ4n) is 3.46. The summed E-state index contributed by atoms with van der Waals surface area (Å²) in [6.07, 6.45) is -0.472. The first kappa shape index (κ1) is 25.3. The molecule has 2 aliphatic heterocycles. The van der Waals surface area contributed by atoms with Crippen LogP contribution < -0.4 is 61.7 Å². The maximum Gasteiger partial charge on any atom is 1.00 e. The zero-order valence-corrected chi connectivity index (χ0v) is 22.9. The number of hydrogen-bond acceptors (Lipinski definition) is 6. The van der Waals surface area contributed by atoms with Gasteiger partial charge in [-0.15, -0.1) is 5.46 Å². The van der Waals surface area contributed by atoms with Crippen LogP contribution in [0.4, 0.5) is 16.2 Å². The Kier molecular flexibility index (Phi) is 7.43. The van der Waals surface area contributed by atoms with Crippen LogP contribution in [0, 0.1) is 5.41 Å². The summed E-state index contributed by atoms with van der Waals surface area (Å²) < 4.78 is 17.2. The molecule has 9 heteroatoms. The van der Waals surface area contributed by atoms with E-state index in [1.54, 1.807) is 28.8 Å². The summed E-state index contributed by atoms with van der Waals surface area (Å²) in [6, 6.07) is 13.1. The topological polar surface area (TPSA) is 68.2 Å². The number of ether oxygens (including phenoxy) is 1. The van der Waals surface area contributed by atoms with Crippen molar-refractivity contribution in [1.29, 1.82) is 0 Å².